The van der Waals surface area contributed by atoms with E-state index in [0.29, 0.717) is 5.69 Å². The smallest absolute Gasteiger partial charge is 0.240 e. The number of fused-ring (bicyclic) bond motifs is 5. The van der Waals surface area contributed by atoms with Gasteiger partial charge < -0.3 is 9.84 Å². The van der Waals surface area contributed by atoms with Crippen LogP contribution in [0.15, 0.2) is 24.3 Å². The number of benzene rings is 1. The molecular weight excluding hydrogens is 246 g/mol. The van der Waals surface area contributed by atoms with E-state index in [2.05, 4.69) is 0 Å². The maximum Gasteiger partial charge on any atom is 0.240 e. The average molecular weight is 259 g/mol. The molecule has 1 N–H and O–H groups in total. The summed E-state index contributed by atoms with van der Waals surface area (Å²) in [5, 5.41) is 9.49. The molecule has 0 unspecified atom stereocenters. The topological polar surface area (TPSA) is 66.8 Å². The second kappa shape index (κ2) is 3.57. The molecule has 0 saturated carbocycles. The van der Waals surface area contributed by atoms with Crippen molar-refractivity contribution in [2.45, 2.75) is 25.0 Å². The van der Waals surface area contributed by atoms with Crippen LogP contribution in [0.3, 0.4) is 0 Å². The Kier molecular flexibility index (Phi) is 2.07. The van der Waals surface area contributed by atoms with E-state index in [1.807, 2.05) is 0 Å². The van der Waals surface area contributed by atoms with Gasteiger partial charge in [0.05, 0.1) is 29.7 Å². The highest BCUT2D eigenvalue weighted by Crippen LogP contribution is 2.49. The molecule has 2 amide bonds. The van der Waals surface area contributed by atoms with Crippen LogP contribution in [0.1, 0.15) is 12.8 Å². The highest BCUT2D eigenvalue weighted by atomic mass is 16.5. The Balaban J connectivity index is 1.75. The summed E-state index contributed by atoms with van der Waals surface area (Å²) in [6.07, 6.45) is 1.51. The molecule has 0 radical (unpaired) electrons. The second-order valence-electron chi connectivity index (χ2n) is 5.37. The minimum atomic E-state index is -0.325. The summed E-state index contributed by atoms with van der Waals surface area (Å²) >= 11 is 0. The van der Waals surface area contributed by atoms with Crippen molar-refractivity contribution in [2.24, 2.45) is 11.8 Å². The maximum atomic E-state index is 12.4. The van der Waals surface area contributed by atoms with E-state index >= 15 is 0 Å². The van der Waals surface area contributed by atoms with E-state index in [9.17, 15) is 14.7 Å². The lowest BCUT2D eigenvalue weighted by molar-refractivity contribution is -0.124. The van der Waals surface area contributed by atoms with E-state index in [1.54, 1.807) is 12.1 Å². The number of phenolic OH excluding ortho intramolecular Hbond substituents is 1. The molecule has 2 bridgehead atoms. The fourth-order valence-electron chi connectivity index (χ4n) is 3.60. The van der Waals surface area contributed by atoms with Gasteiger partial charge in [-0.15, -0.1) is 0 Å². The average Bonchev–Trinajstić information content (AvgIpc) is 3.04. The standard InChI is InChI=1S/C14H13NO4/c16-8-3-1-2-7(6-8)15-13(17)11-9-4-5-10(19-9)12(11)14(15)18/h1-3,6,9-12,16H,4-5H2/t9-,10-,11-,12-/m0/s1. The van der Waals surface area contributed by atoms with Crippen LogP contribution >= 0.6 is 0 Å². The zero-order chi connectivity index (χ0) is 13.1. The van der Waals surface area contributed by atoms with Crippen LogP contribution in [0.5, 0.6) is 5.75 Å². The Morgan fingerprint density at radius 2 is 1.74 bits per heavy atom. The number of nitrogens with zero attached hydrogens (tertiary/aromatic N) is 1. The Morgan fingerprint density at radius 3 is 2.32 bits per heavy atom. The van der Waals surface area contributed by atoms with Crippen molar-refractivity contribution < 1.29 is 19.4 Å². The van der Waals surface area contributed by atoms with Crippen LogP contribution in [0.4, 0.5) is 5.69 Å². The molecule has 3 heterocycles. The predicted octanol–water partition coefficient (Wildman–Crippen LogP) is 1.06. The van der Waals surface area contributed by atoms with E-state index < -0.39 is 0 Å². The van der Waals surface area contributed by atoms with Gasteiger partial charge in [-0.2, -0.15) is 0 Å². The van der Waals surface area contributed by atoms with Gasteiger partial charge in [0.15, 0.2) is 0 Å². The summed E-state index contributed by atoms with van der Waals surface area (Å²) in [5.74, 6) is -0.975. The molecule has 0 spiro atoms. The van der Waals surface area contributed by atoms with Crippen LogP contribution in [0.2, 0.25) is 0 Å². The van der Waals surface area contributed by atoms with Crippen LogP contribution in [-0.4, -0.2) is 29.1 Å². The molecule has 3 aliphatic heterocycles. The van der Waals surface area contributed by atoms with E-state index in [1.165, 1.54) is 17.0 Å². The lowest BCUT2D eigenvalue weighted by Crippen LogP contribution is -2.34. The lowest BCUT2D eigenvalue weighted by Gasteiger charge is -2.17. The van der Waals surface area contributed by atoms with Crippen molar-refractivity contribution in [3.8, 4) is 5.75 Å². The van der Waals surface area contributed by atoms with Crippen molar-refractivity contribution in [3.05, 3.63) is 24.3 Å². The maximum absolute atomic E-state index is 12.4. The number of phenols is 1. The second-order valence-corrected chi connectivity index (χ2v) is 5.37. The quantitative estimate of drug-likeness (QED) is 0.766. The molecular formula is C14H13NO4. The van der Waals surface area contributed by atoms with Crippen LogP contribution in [-0.2, 0) is 14.3 Å². The van der Waals surface area contributed by atoms with Gasteiger partial charge in [-0.25, -0.2) is 4.90 Å². The normalized spacial score (nSPS) is 36.1. The molecule has 98 valence electrons. The van der Waals surface area contributed by atoms with E-state index in [0.717, 1.165) is 12.8 Å². The Hall–Kier alpha value is -1.88. The number of anilines is 1. The Bertz CT molecular complexity index is 557. The summed E-state index contributed by atoms with van der Waals surface area (Å²) in [7, 11) is 0. The number of hydrogen-bond acceptors (Lipinski definition) is 4. The van der Waals surface area contributed by atoms with E-state index in [4.69, 9.17) is 4.74 Å². The fraction of sp³-hybridized carbons (Fsp3) is 0.429. The molecule has 0 aromatic heterocycles. The minimum absolute atomic E-state index is 0.0504. The monoisotopic (exact) mass is 259 g/mol. The van der Waals surface area contributed by atoms with Gasteiger partial charge in [-0.1, -0.05) is 6.07 Å². The molecule has 1 aromatic carbocycles. The van der Waals surface area contributed by atoms with Crippen molar-refractivity contribution in [1.29, 1.82) is 0 Å². The zero-order valence-electron chi connectivity index (χ0n) is 10.2. The highest BCUT2D eigenvalue weighted by Gasteiger charge is 2.62. The molecule has 5 heteroatoms. The van der Waals surface area contributed by atoms with Gasteiger partial charge in [0.25, 0.3) is 0 Å². The first kappa shape index (κ1) is 11.0. The number of amides is 2. The Labute approximate surface area is 109 Å². The molecule has 4 rings (SSSR count). The van der Waals surface area contributed by atoms with Crippen molar-refractivity contribution >= 4 is 17.5 Å². The van der Waals surface area contributed by atoms with Gasteiger partial charge in [-0.3, -0.25) is 9.59 Å². The first-order chi connectivity index (χ1) is 9.16. The first-order valence-corrected chi connectivity index (χ1v) is 6.49. The van der Waals surface area contributed by atoms with Gasteiger partial charge in [0.1, 0.15) is 5.75 Å². The van der Waals surface area contributed by atoms with Gasteiger partial charge in [0.2, 0.25) is 11.8 Å². The summed E-state index contributed by atoms with van der Waals surface area (Å²) in [5.41, 5.74) is 0.448. The van der Waals surface area contributed by atoms with Gasteiger partial charge in [-0.05, 0) is 25.0 Å². The minimum Gasteiger partial charge on any atom is -0.508 e. The van der Waals surface area contributed by atoms with Crippen LogP contribution in [0, 0.1) is 11.8 Å². The molecule has 4 atom stereocenters. The summed E-state index contributed by atoms with van der Waals surface area (Å²) in [4.78, 5) is 26.1. The van der Waals surface area contributed by atoms with Crippen LogP contribution in [0.25, 0.3) is 0 Å². The third kappa shape index (κ3) is 1.33. The van der Waals surface area contributed by atoms with Crippen molar-refractivity contribution in [1.82, 2.24) is 0 Å². The third-order valence-electron chi connectivity index (χ3n) is 4.37. The van der Waals surface area contributed by atoms with E-state index in [-0.39, 0.29) is 41.6 Å². The number of carbonyl (C=O) groups excluding carboxylic acids is 2. The highest BCUT2D eigenvalue weighted by molar-refractivity contribution is 6.22. The van der Waals surface area contributed by atoms with Crippen molar-refractivity contribution in [3.63, 3.8) is 0 Å². The molecule has 1 aromatic rings. The number of ether oxygens (including phenoxy) is 1. The van der Waals surface area contributed by atoms with Crippen molar-refractivity contribution in [2.75, 3.05) is 4.90 Å². The van der Waals surface area contributed by atoms with Gasteiger partial charge >= 0.3 is 0 Å². The molecule has 3 saturated heterocycles. The third-order valence-corrected chi connectivity index (χ3v) is 4.37. The Morgan fingerprint density at radius 1 is 1.11 bits per heavy atom. The molecule has 0 aliphatic carbocycles. The first-order valence-electron chi connectivity index (χ1n) is 6.49. The number of hydrogen-bond donors (Lipinski definition) is 1. The summed E-state index contributed by atoms with van der Waals surface area (Å²) in [6.45, 7) is 0. The number of aromatic hydroxyl groups is 1. The molecule has 3 aliphatic rings. The number of imide groups is 1. The molecule has 3 fully saturated rings. The SMILES string of the molecule is O=C1[C@@H]2[C@@H](C(=O)N1c1cccc(O)c1)[C@@H]1CC[C@@H]2O1. The zero-order valence-corrected chi connectivity index (χ0v) is 10.2. The lowest BCUT2D eigenvalue weighted by atomic mass is 9.81. The summed E-state index contributed by atoms with van der Waals surface area (Å²) in [6, 6.07) is 6.26. The van der Waals surface area contributed by atoms with Gasteiger partial charge in [0, 0.05) is 6.07 Å². The van der Waals surface area contributed by atoms with Crippen LogP contribution < -0.4 is 4.90 Å². The molecule has 19 heavy (non-hydrogen) atoms. The summed E-state index contributed by atoms with van der Waals surface area (Å²) < 4.78 is 5.67. The number of carbonyl (C=O) groups is 2. The fourth-order valence-corrected chi connectivity index (χ4v) is 3.60. The molecule has 5 nitrogen and oxygen atoms in total. The number of rotatable bonds is 1. The predicted molar refractivity (Wildman–Crippen MR) is 65.5 cm³/mol. The largest absolute Gasteiger partial charge is 0.508 e.